The van der Waals surface area contributed by atoms with Crippen LogP contribution in [0, 0.1) is 0 Å². The van der Waals surface area contributed by atoms with E-state index in [2.05, 4.69) is 10.8 Å². The van der Waals surface area contributed by atoms with Crippen molar-refractivity contribution in [1.82, 2.24) is 10.8 Å². The second-order valence-corrected chi connectivity index (χ2v) is 3.62. The van der Waals surface area contributed by atoms with Crippen LogP contribution >= 0.6 is 0 Å². The van der Waals surface area contributed by atoms with Crippen molar-refractivity contribution in [1.29, 1.82) is 0 Å². The Kier molecular flexibility index (Phi) is 6.09. The van der Waals surface area contributed by atoms with Gasteiger partial charge in [-0.2, -0.15) is 5.48 Å². The van der Waals surface area contributed by atoms with Crippen LogP contribution in [0.5, 0.6) is 0 Å². The molecule has 1 heterocycles. The molecule has 0 aromatic carbocycles. The second-order valence-electron chi connectivity index (χ2n) is 3.62. The number of hydrogen-bond donors (Lipinski definition) is 4. The summed E-state index contributed by atoms with van der Waals surface area (Å²) < 4.78 is 5.16. The minimum atomic E-state index is -1.15. The van der Waals surface area contributed by atoms with Gasteiger partial charge in [-0.1, -0.05) is 0 Å². The van der Waals surface area contributed by atoms with Gasteiger partial charge in [0.05, 0.1) is 12.2 Å². The first-order chi connectivity index (χ1) is 7.68. The van der Waals surface area contributed by atoms with Crippen LogP contribution in [0.3, 0.4) is 0 Å². The van der Waals surface area contributed by atoms with Gasteiger partial charge < -0.3 is 20.3 Å². The first-order valence-electron chi connectivity index (χ1n) is 5.29. The largest absolute Gasteiger partial charge is 0.465 e. The quantitative estimate of drug-likeness (QED) is 0.454. The van der Waals surface area contributed by atoms with Crippen LogP contribution in [-0.4, -0.2) is 54.8 Å². The third-order valence-electron chi connectivity index (χ3n) is 2.23. The molecule has 1 rings (SSSR count). The highest BCUT2D eigenvalue weighted by atomic mass is 16.7. The average molecular weight is 234 g/mol. The first kappa shape index (κ1) is 13.2. The third-order valence-corrected chi connectivity index (χ3v) is 2.23. The highest BCUT2D eigenvalue weighted by Gasteiger charge is 2.14. The summed E-state index contributed by atoms with van der Waals surface area (Å²) in [5, 5.41) is 19.7. The van der Waals surface area contributed by atoms with E-state index in [1.807, 2.05) is 0 Å². The molecule has 7 nitrogen and oxygen atoms in total. The minimum Gasteiger partial charge on any atom is -0.465 e. The van der Waals surface area contributed by atoms with Gasteiger partial charge in [0, 0.05) is 26.3 Å². The molecule has 7 heteroatoms. The molecule has 94 valence electrons. The van der Waals surface area contributed by atoms with Gasteiger partial charge in [0.15, 0.2) is 0 Å². The van der Waals surface area contributed by atoms with Crippen molar-refractivity contribution in [3.8, 4) is 0 Å². The summed E-state index contributed by atoms with van der Waals surface area (Å²) in [6, 6.07) is 0. The van der Waals surface area contributed by atoms with Gasteiger partial charge in [0.2, 0.25) is 0 Å². The number of carboxylic acid groups (broad SMARTS) is 1. The van der Waals surface area contributed by atoms with Crippen molar-refractivity contribution >= 4 is 6.09 Å². The Morgan fingerprint density at radius 3 is 2.75 bits per heavy atom. The molecule has 0 bridgehead atoms. The predicted octanol–water partition coefficient (Wildman–Crippen LogP) is -0.685. The fraction of sp³-hybridized carbons (Fsp3) is 0.889. The SMILES string of the molecule is O=C(O)NCC(O)CNOC1CCOCC1. The molecule has 0 aliphatic carbocycles. The van der Waals surface area contributed by atoms with Crippen molar-refractivity contribution in [2.75, 3.05) is 26.3 Å². The minimum absolute atomic E-state index is 0.0144. The topological polar surface area (TPSA) is 100 Å². The molecule has 1 atom stereocenters. The molecule has 0 aromatic heterocycles. The van der Waals surface area contributed by atoms with Crippen LogP contribution in [0.25, 0.3) is 0 Å². The Balaban J connectivity index is 1.98. The van der Waals surface area contributed by atoms with Crippen molar-refractivity contribution in [3.63, 3.8) is 0 Å². The molecular formula is C9H18N2O5. The van der Waals surface area contributed by atoms with Crippen molar-refractivity contribution < 1.29 is 24.6 Å². The fourth-order valence-corrected chi connectivity index (χ4v) is 1.33. The fourth-order valence-electron chi connectivity index (χ4n) is 1.33. The zero-order chi connectivity index (χ0) is 11.8. The Labute approximate surface area is 93.7 Å². The molecule has 1 aliphatic heterocycles. The molecular weight excluding hydrogens is 216 g/mol. The normalized spacial score (nSPS) is 19.3. The van der Waals surface area contributed by atoms with Crippen LogP contribution in [0.15, 0.2) is 0 Å². The first-order valence-corrected chi connectivity index (χ1v) is 5.29. The zero-order valence-corrected chi connectivity index (χ0v) is 9.02. The average Bonchev–Trinajstić information content (AvgIpc) is 2.28. The van der Waals surface area contributed by atoms with Crippen LogP contribution in [-0.2, 0) is 9.57 Å². The van der Waals surface area contributed by atoms with E-state index in [1.54, 1.807) is 0 Å². The number of amides is 1. The van der Waals surface area contributed by atoms with Gasteiger partial charge in [0.1, 0.15) is 0 Å². The number of hydroxylamine groups is 1. The van der Waals surface area contributed by atoms with E-state index < -0.39 is 12.2 Å². The zero-order valence-electron chi connectivity index (χ0n) is 9.02. The maximum atomic E-state index is 10.1. The molecule has 16 heavy (non-hydrogen) atoms. The smallest absolute Gasteiger partial charge is 0.404 e. The molecule has 1 amide bonds. The van der Waals surface area contributed by atoms with Crippen LogP contribution in [0.4, 0.5) is 4.79 Å². The number of ether oxygens (including phenoxy) is 1. The maximum Gasteiger partial charge on any atom is 0.404 e. The highest BCUT2D eigenvalue weighted by Crippen LogP contribution is 2.08. The molecule has 0 radical (unpaired) electrons. The van der Waals surface area contributed by atoms with E-state index in [0.29, 0.717) is 13.2 Å². The molecule has 0 spiro atoms. The number of aliphatic hydroxyl groups excluding tert-OH is 1. The third kappa shape index (κ3) is 5.86. The van der Waals surface area contributed by atoms with Gasteiger partial charge in [-0.3, -0.25) is 4.84 Å². The molecule has 0 saturated carbocycles. The molecule has 1 unspecified atom stereocenters. The van der Waals surface area contributed by atoms with Crippen molar-refractivity contribution in [3.05, 3.63) is 0 Å². The van der Waals surface area contributed by atoms with Gasteiger partial charge in [0.25, 0.3) is 0 Å². The van der Waals surface area contributed by atoms with E-state index in [-0.39, 0.29) is 19.2 Å². The summed E-state index contributed by atoms with van der Waals surface area (Å²) in [4.78, 5) is 15.4. The maximum absolute atomic E-state index is 10.1. The predicted molar refractivity (Wildman–Crippen MR) is 55.0 cm³/mol. The molecule has 1 fully saturated rings. The summed E-state index contributed by atoms with van der Waals surface area (Å²) in [6.07, 6.45) is -0.179. The Morgan fingerprint density at radius 1 is 1.44 bits per heavy atom. The van der Waals surface area contributed by atoms with E-state index in [0.717, 1.165) is 12.8 Å². The summed E-state index contributed by atoms with van der Waals surface area (Å²) >= 11 is 0. The summed E-state index contributed by atoms with van der Waals surface area (Å²) in [6.45, 7) is 1.56. The van der Waals surface area contributed by atoms with Crippen LogP contribution < -0.4 is 10.8 Å². The summed E-state index contributed by atoms with van der Waals surface area (Å²) in [5.41, 5.74) is 2.64. The lowest BCUT2D eigenvalue weighted by Gasteiger charge is -2.22. The second kappa shape index (κ2) is 7.39. The van der Waals surface area contributed by atoms with Crippen molar-refractivity contribution in [2.45, 2.75) is 25.0 Å². The standard InChI is InChI=1S/C9H18N2O5/c12-7(5-10-9(13)14)6-11-16-8-1-3-15-4-2-8/h7-8,10-12H,1-6H2,(H,13,14). The van der Waals surface area contributed by atoms with Gasteiger partial charge in [-0.25, -0.2) is 4.79 Å². The summed E-state index contributed by atoms with van der Waals surface area (Å²) in [5.74, 6) is 0. The summed E-state index contributed by atoms with van der Waals surface area (Å²) in [7, 11) is 0. The van der Waals surface area contributed by atoms with Gasteiger partial charge >= 0.3 is 6.09 Å². The lowest BCUT2D eigenvalue weighted by molar-refractivity contribution is -0.0853. The number of aliphatic hydroxyl groups is 1. The van der Waals surface area contributed by atoms with Crippen molar-refractivity contribution in [2.24, 2.45) is 0 Å². The highest BCUT2D eigenvalue weighted by molar-refractivity contribution is 5.64. The molecule has 4 N–H and O–H groups in total. The number of hydrogen-bond acceptors (Lipinski definition) is 5. The monoisotopic (exact) mass is 234 g/mol. The Hall–Kier alpha value is -0.890. The molecule has 1 aliphatic rings. The number of rotatable bonds is 6. The Bertz CT molecular complexity index is 208. The Morgan fingerprint density at radius 2 is 2.12 bits per heavy atom. The van der Waals surface area contributed by atoms with Gasteiger partial charge in [-0.05, 0) is 12.8 Å². The van der Waals surface area contributed by atoms with E-state index in [4.69, 9.17) is 14.7 Å². The number of carbonyl (C=O) groups is 1. The van der Waals surface area contributed by atoms with Crippen LogP contribution in [0.2, 0.25) is 0 Å². The molecule has 1 saturated heterocycles. The lowest BCUT2D eigenvalue weighted by atomic mass is 10.2. The van der Waals surface area contributed by atoms with E-state index >= 15 is 0 Å². The molecule has 0 aromatic rings. The van der Waals surface area contributed by atoms with Gasteiger partial charge in [-0.15, -0.1) is 0 Å². The number of nitrogens with one attached hydrogen (secondary N) is 2. The lowest BCUT2D eigenvalue weighted by Crippen LogP contribution is -2.39. The van der Waals surface area contributed by atoms with E-state index in [1.165, 1.54) is 0 Å². The van der Waals surface area contributed by atoms with E-state index in [9.17, 15) is 9.90 Å². The van der Waals surface area contributed by atoms with Crippen LogP contribution in [0.1, 0.15) is 12.8 Å².